The lowest BCUT2D eigenvalue weighted by atomic mass is 9.79. The van der Waals surface area contributed by atoms with Crippen molar-refractivity contribution < 1.29 is 23.1 Å². The Kier molecular flexibility index (Phi) is 8.48. The Morgan fingerprint density at radius 1 is 1.11 bits per heavy atom. The van der Waals surface area contributed by atoms with Crippen LogP contribution < -0.4 is 10.6 Å². The Bertz CT molecular complexity index is 1850. The number of phenolic OH excluding ortho intramolecular Hbond substituents is 1. The van der Waals surface area contributed by atoms with E-state index in [1.807, 2.05) is 31.0 Å². The van der Waals surface area contributed by atoms with Crippen molar-refractivity contribution in [2.24, 2.45) is 5.92 Å². The van der Waals surface area contributed by atoms with Gasteiger partial charge >= 0.3 is 6.18 Å². The standard InChI is InChI=1S/C34H35F3N6O2/c1-3-43(15-14-38-2)19-22-4-8-23(17-28(22)34(35,36)37)40-33(45)21-7-11-25-26(16-21)32(20-5-9-24(44)10-6-20)41-30-13-12-29-27(31(25)30)18-39-42-29/h4-6,8-10,12-13,17-18,21,38,44H,3,7,11,14-16,19H2,1-2H3,(H,39,42)(H,40,45). The van der Waals surface area contributed by atoms with Crippen LogP contribution in [0.1, 0.15) is 35.6 Å². The van der Waals surface area contributed by atoms with Gasteiger partial charge in [-0.2, -0.15) is 18.3 Å². The Morgan fingerprint density at radius 2 is 1.91 bits per heavy atom. The van der Waals surface area contributed by atoms with Gasteiger partial charge in [0.1, 0.15) is 5.75 Å². The van der Waals surface area contributed by atoms with Crippen LogP contribution in [-0.4, -0.2) is 57.8 Å². The fraction of sp³-hybridized carbons (Fsp3) is 0.324. The molecule has 234 valence electrons. The zero-order chi connectivity index (χ0) is 31.7. The minimum absolute atomic E-state index is 0.121. The highest BCUT2D eigenvalue weighted by Crippen LogP contribution is 2.40. The molecule has 2 heterocycles. The summed E-state index contributed by atoms with van der Waals surface area (Å²) in [5.41, 5.74) is 4.77. The Balaban J connectivity index is 1.31. The van der Waals surface area contributed by atoms with Gasteiger partial charge in [-0.25, -0.2) is 4.98 Å². The van der Waals surface area contributed by atoms with E-state index in [0.717, 1.165) is 50.3 Å². The number of pyridine rings is 1. The third kappa shape index (κ3) is 6.23. The number of rotatable bonds is 9. The molecule has 0 saturated heterocycles. The van der Waals surface area contributed by atoms with Crippen LogP contribution in [0, 0.1) is 5.92 Å². The number of nitrogens with one attached hydrogen (secondary N) is 3. The first-order valence-electron chi connectivity index (χ1n) is 15.1. The summed E-state index contributed by atoms with van der Waals surface area (Å²) in [5, 5.41) is 24.9. The first-order chi connectivity index (χ1) is 21.7. The number of aryl methyl sites for hydroxylation is 1. The minimum atomic E-state index is -4.56. The zero-order valence-corrected chi connectivity index (χ0v) is 25.1. The molecule has 8 nitrogen and oxygen atoms in total. The van der Waals surface area contributed by atoms with Crippen molar-refractivity contribution in [3.63, 3.8) is 0 Å². The summed E-state index contributed by atoms with van der Waals surface area (Å²) < 4.78 is 42.5. The number of aromatic nitrogens is 3. The maximum absolute atomic E-state index is 14.2. The molecule has 0 spiro atoms. The van der Waals surface area contributed by atoms with Crippen LogP contribution in [0.25, 0.3) is 33.1 Å². The van der Waals surface area contributed by atoms with Crippen LogP contribution in [0.4, 0.5) is 18.9 Å². The van der Waals surface area contributed by atoms with Crippen LogP contribution >= 0.6 is 0 Å². The zero-order valence-electron chi connectivity index (χ0n) is 25.1. The molecule has 4 N–H and O–H groups in total. The molecule has 5 aromatic rings. The average Bonchev–Trinajstić information content (AvgIpc) is 3.52. The summed E-state index contributed by atoms with van der Waals surface area (Å²) in [6, 6.07) is 14.7. The summed E-state index contributed by atoms with van der Waals surface area (Å²) in [4.78, 5) is 20.6. The van der Waals surface area contributed by atoms with Crippen molar-refractivity contribution >= 4 is 33.4 Å². The number of halogens is 3. The number of H-pyrrole nitrogens is 1. The third-order valence-electron chi connectivity index (χ3n) is 8.69. The Morgan fingerprint density at radius 3 is 2.64 bits per heavy atom. The lowest BCUT2D eigenvalue weighted by molar-refractivity contribution is -0.138. The maximum Gasteiger partial charge on any atom is 0.416 e. The molecular weight excluding hydrogens is 581 g/mol. The van der Waals surface area contributed by atoms with Crippen LogP contribution in [0.3, 0.4) is 0 Å². The van der Waals surface area contributed by atoms with Gasteiger partial charge in [0.2, 0.25) is 5.91 Å². The molecule has 1 aliphatic rings. The van der Waals surface area contributed by atoms with Crippen molar-refractivity contribution in [3.05, 3.63) is 83.0 Å². The summed E-state index contributed by atoms with van der Waals surface area (Å²) in [5.74, 6) is -0.665. The molecule has 6 rings (SSSR count). The van der Waals surface area contributed by atoms with Crippen LogP contribution in [0.5, 0.6) is 5.75 Å². The first-order valence-corrected chi connectivity index (χ1v) is 15.1. The lowest BCUT2D eigenvalue weighted by Gasteiger charge is -2.27. The number of hydrogen-bond acceptors (Lipinski definition) is 6. The molecule has 0 aliphatic heterocycles. The highest BCUT2D eigenvalue weighted by Gasteiger charge is 2.35. The Hall–Kier alpha value is -4.48. The van der Waals surface area contributed by atoms with Crippen molar-refractivity contribution in [3.8, 4) is 17.0 Å². The second-order valence-corrected chi connectivity index (χ2v) is 11.5. The first kappa shape index (κ1) is 30.5. The fourth-order valence-corrected chi connectivity index (χ4v) is 6.30. The topological polar surface area (TPSA) is 106 Å². The highest BCUT2D eigenvalue weighted by molar-refractivity contribution is 6.08. The SMILES string of the molecule is CCN(CCNC)Cc1ccc(NC(=O)C2CCc3c(c(-c4ccc(O)cc4)nc4ccc5[nH]ncc5c34)C2)cc1C(F)(F)F. The normalized spacial score (nSPS) is 15.1. The van der Waals surface area contributed by atoms with Gasteiger partial charge in [0.05, 0.1) is 28.5 Å². The number of aromatic hydroxyl groups is 1. The van der Waals surface area contributed by atoms with Gasteiger partial charge in [0, 0.05) is 47.6 Å². The lowest BCUT2D eigenvalue weighted by Crippen LogP contribution is -2.31. The van der Waals surface area contributed by atoms with Gasteiger partial charge in [0.15, 0.2) is 0 Å². The van der Waals surface area contributed by atoms with Gasteiger partial charge in [-0.1, -0.05) is 13.0 Å². The number of nitrogens with zero attached hydrogens (tertiary/aromatic N) is 3. The number of carbonyl (C=O) groups excluding carboxylic acids is 1. The van der Waals surface area contributed by atoms with E-state index in [1.165, 1.54) is 6.07 Å². The molecule has 1 aliphatic carbocycles. The quantitative estimate of drug-likeness (QED) is 0.155. The molecule has 3 aromatic carbocycles. The minimum Gasteiger partial charge on any atom is -0.508 e. The van der Waals surface area contributed by atoms with Gasteiger partial charge in [-0.15, -0.1) is 0 Å². The Labute approximate surface area is 258 Å². The van der Waals surface area contributed by atoms with E-state index >= 15 is 0 Å². The van der Waals surface area contributed by atoms with E-state index in [0.29, 0.717) is 38.9 Å². The summed E-state index contributed by atoms with van der Waals surface area (Å²) in [6.45, 7) is 3.98. The number of alkyl halides is 3. The van der Waals surface area contributed by atoms with E-state index in [4.69, 9.17) is 4.98 Å². The molecule has 1 unspecified atom stereocenters. The van der Waals surface area contributed by atoms with E-state index in [-0.39, 0.29) is 29.5 Å². The number of fused-ring (bicyclic) bond motifs is 5. The largest absolute Gasteiger partial charge is 0.508 e. The van der Waals surface area contributed by atoms with E-state index in [1.54, 1.807) is 36.5 Å². The molecule has 0 bridgehead atoms. The molecule has 2 aromatic heterocycles. The number of aromatic amines is 1. The van der Waals surface area contributed by atoms with Crippen molar-refractivity contribution in [1.82, 2.24) is 25.4 Å². The highest BCUT2D eigenvalue weighted by atomic mass is 19.4. The second kappa shape index (κ2) is 12.5. The van der Waals surface area contributed by atoms with Gasteiger partial charge in [0.25, 0.3) is 0 Å². The number of benzene rings is 3. The van der Waals surface area contributed by atoms with Gasteiger partial charge in [-0.05, 0) is 98.1 Å². The number of likely N-dealkylation sites (N-methyl/N-ethyl adjacent to an activating group) is 2. The van der Waals surface area contributed by atoms with Crippen LogP contribution in [0.15, 0.2) is 60.8 Å². The van der Waals surface area contributed by atoms with E-state index in [9.17, 15) is 23.1 Å². The van der Waals surface area contributed by atoms with E-state index < -0.39 is 17.7 Å². The monoisotopic (exact) mass is 616 g/mol. The van der Waals surface area contributed by atoms with Crippen molar-refractivity contribution in [1.29, 1.82) is 0 Å². The average molecular weight is 617 g/mol. The van der Waals surface area contributed by atoms with Gasteiger partial charge in [-0.3, -0.25) is 14.8 Å². The third-order valence-corrected chi connectivity index (χ3v) is 8.69. The van der Waals surface area contributed by atoms with E-state index in [2.05, 4.69) is 20.8 Å². The molecule has 1 amide bonds. The van der Waals surface area contributed by atoms with Crippen LogP contribution in [0.2, 0.25) is 0 Å². The molecule has 1 atom stereocenters. The summed E-state index contributed by atoms with van der Waals surface area (Å²) in [7, 11) is 1.81. The predicted octanol–water partition coefficient (Wildman–Crippen LogP) is 6.29. The van der Waals surface area contributed by atoms with Crippen molar-refractivity contribution in [2.75, 3.05) is 32.0 Å². The molecule has 0 saturated carbocycles. The number of phenols is 1. The molecule has 45 heavy (non-hydrogen) atoms. The fourth-order valence-electron chi connectivity index (χ4n) is 6.30. The van der Waals surface area contributed by atoms with Crippen LogP contribution in [-0.2, 0) is 30.4 Å². The molecule has 0 radical (unpaired) electrons. The summed E-state index contributed by atoms with van der Waals surface area (Å²) >= 11 is 0. The van der Waals surface area contributed by atoms with Gasteiger partial charge < -0.3 is 15.7 Å². The molecule has 11 heteroatoms. The predicted molar refractivity (Wildman–Crippen MR) is 169 cm³/mol. The number of hydrogen-bond donors (Lipinski definition) is 4. The number of carbonyl (C=O) groups is 1. The molecule has 0 fully saturated rings. The maximum atomic E-state index is 14.2. The second-order valence-electron chi connectivity index (χ2n) is 11.5. The molecular formula is C34H35F3N6O2. The number of amides is 1. The summed E-state index contributed by atoms with van der Waals surface area (Å²) in [6.07, 6.45) is -1.29. The smallest absolute Gasteiger partial charge is 0.416 e. The van der Waals surface area contributed by atoms with Crippen molar-refractivity contribution in [2.45, 2.75) is 38.9 Å². The number of anilines is 1.